The fourth-order valence-electron chi connectivity index (χ4n) is 3.93. The number of benzene rings is 2. The van der Waals surface area contributed by atoms with E-state index in [0.717, 1.165) is 10.4 Å². The molecule has 2 heterocycles. The van der Waals surface area contributed by atoms with E-state index in [9.17, 15) is 14.4 Å². The summed E-state index contributed by atoms with van der Waals surface area (Å²) in [5, 5.41) is 1.93. The van der Waals surface area contributed by atoms with E-state index in [-0.39, 0.29) is 30.7 Å². The van der Waals surface area contributed by atoms with Gasteiger partial charge < -0.3 is 9.64 Å². The Bertz CT molecular complexity index is 1140. The van der Waals surface area contributed by atoms with E-state index in [1.165, 1.54) is 21.1 Å². The molecule has 33 heavy (non-hydrogen) atoms. The minimum absolute atomic E-state index is 0.0436. The zero-order valence-corrected chi connectivity index (χ0v) is 19.7. The second kappa shape index (κ2) is 9.58. The zero-order chi connectivity index (χ0) is 23.5. The van der Waals surface area contributed by atoms with Crippen molar-refractivity contribution < 1.29 is 19.1 Å². The van der Waals surface area contributed by atoms with Crippen LogP contribution in [-0.2, 0) is 16.1 Å². The van der Waals surface area contributed by atoms with Crippen LogP contribution in [0.15, 0.2) is 66.0 Å². The van der Waals surface area contributed by atoms with Gasteiger partial charge in [0.05, 0.1) is 25.8 Å². The van der Waals surface area contributed by atoms with Crippen LogP contribution in [0, 0.1) is 0 Å². The predicted molar refractivity (Wildman–Crippen MR) is 129 cm³/mol. The van der Waals surface area contributed by atoms with Gasteiger partial charge in [-0.3, -0.25) is 14.4 Å². The number of amides is 3. The minimum Gasteiger partial charge on any atom is -0.497 e. The maximum Gasteiger partial charge on any atom is 0.257 e. The molecule has 3 amide bonds. The summed E-state index contributed by atoms with van der Waals surface area (Å²) in [6, 6.07) is 17.2. The van der Waals surface area contributed by atoms with Crippen molar-refractivity contribution in [3.05, 3.63) is 82.0 Å². The van der Waals surface area contributed by atoms with Gasteiger partial charge in [0, 0.05) is 10.4 Å². The highest BCUT2D eigenvalue weighted by atomic mass is 32.1. The van der Waals surface area contributed by atoms with Crippen molar-refractivity contribution in [2.45, 2.75) is 38.8 Å². The van der Waals surface area contributed by atoms with Gasteiger partial charge in [0.2, 0.25) is 5.91 Å². The third-order valence-electron chi connectivity index (χ3n) is 5.82. The van der Waals surface area contributed by atoms with Crippen LogP contribution < -0.4 is 9.64 Å². The summed E-state index contributed by atoms with van der Waals surface area (Å²) in [5.41, 5.74) is 2.10. The lowest BCUT2D eigenvalue weighted by atomic mass is 10.0. The smallest absolute Gasteiger partial charge is 0.257 e. The zero-order valence-electron chi connectivity index (χ0n) is 18.9. The lowest BCUT2D eigenvalue weighted by molar-refractivity contribution is -0.122. The summed E-state index contributed by atoms with van der Waals surface area (Å²) in [5.74, 6) is 0.00520. The molecule has 0 aliphatic carbocycles. The summed E-state index contributed by atoms with van der Waals surface area (Å²) < 4.78 is 5.18. The SMILES string of the molecule is COc1ccc(C(=O)N(Cc2cccs2)C2CC(=O)N(c3ccc(C(C)C)cc3)C2=O)cc1. The molecule has 1 saturated heterocycles. The second-order valence-electron chi connectivity index (χ2n) is 8.27. The molecule has 0 saturated carbocycles. The first-order valence-corrected chi connectivity index (χ1v) is 11.7. The van der Waals surface area contributed by atoms with Crippen LogP contribution in [0.25, 0.3) is 0 Å². The molecule has 1 aliphatic rings. The number of imide groups is 1. The lowest BCUT2D eigenvalue weighted by Gasteiger charge is -2.27. The number of ether oxygens (including phenoxy) is 1. The third kappa shape index (κ3) is 4.68. The Balaban J connectivity index is 1.64. The molecule has 0 N–H and O–H groups in total. The summed E-state index contributed by atoms with van der Waals surface area (Å²) in [6.45, 7) is 4.43. The number of methoxy groups -OCH3 is 1. The first-order chi connectivity index (χ1) is 15.9. The molecule has 6 nitrogen and oxygen atoms in total. The summed E-state index contributed by atoms with van der Waals surface area (Å²) in [7, 11) is 1.56. The minimum atomic E-state index is -0.862. The molecular weight excluding hydrogens is 436 g/mol. The van der Waals surface area contributed by atoms with E-state index < -0.39 is 6.04 Å². The van der Waals surface area contributed by atoms with Crippen LogP contribution in [-0.4, -0.2) is 35.8 Å². The van der Waals surface area contributed by atoms with E-state index in [1.54, 1.807) is 43.5 Å². The number of hydrogen-bond donors (Lipinski definition) is 0. The Labute approximate surface area is 197 Å². The summed E-state index contributed by atoms with van der Waals surface area (Å²) >= 11 is 1.51. The van der Waals surface area contributed by atoms with Gasteiger partial charge in [-0.05, 0) is 59.3 Å². The molecule has 1 aliphatic heterocycles. The molecule has 1 fully saturated rings. The number of nitrogens with zero attached hydrogens (tertiary/aromatic N) is 2. The number of anilines is 1. The molecule has 3 aromatic rings. The van der Waals surface area contributed by atoms with Crippen molar-refractivity contribution in [1.29, 1.82) is 0 Å². The Morgan fingerprint density at radius 2 is 1.79 bits per heavy atom. The first-order valence-electron chi connectivity index (χ1n) is 10.8. The van der Waals surface area contributed by atoms with E-state index in [1.807, 2.05) is 29.6 Å². The largest absolute Gasteiger partial charge is 0.497 e. The van der Waals surface area contributed by atoms with Crippen molar-refractivity contribution in [2.24, 2.45) is 0 Å². The molecule has 2 aromatic carbocycles. The third-order valence-corrected chi connectivity index (χ3v) is 6.68. The topological polar surface area (TPSA) is 66.9 Å². The van der Waals surface area contributed by atoms with Crippen molar-refractivity contribution in [3.63, 3.8) is 0 Å². The molecular formula is C26H26N2O4S. The van der Waals surface area contributed by atoms with Gasteiger partial charge in [-0.1, -0.05) is 32.0 Å². The highest BCUT2D eigenvalue weighted by Gasteiger charge is 2.44. The monoisotopic (exact) mass is 462 g/mol. The fourth-order valence-corrected chi connectivity index (χ4v) is 4.64. The molecule has 0 spiro atoms. The van der Waals surface area contributed by atoms with Crippen molar-refractivity contribution in [3.8, 4) is 5.75 Å². The quantitative estimate of drug-likeness (QED) is 0.471. The molecule has 7 heteroatoms. The van der Waals surface area contributed by atoms with Gasteiger partial charge in [0.1, 0.15) is 11.8 Å². The lowest BCUT2D eigenvalue weighted by Crippen LogP contribution is -2.45. The van der Waals surface area contributed by atoms with Crippen LogP contribution in [0.2, 0.25) is 0 Å². The normalized spacial score (nSPS) is 15.9. The molecule has 170 valence electrons. The molecule has 1 unspecified atom stereocenters. The fraction of sp³-hybridized carbons (Fsp3) is 0.269. The molecule has 0 bridgehead atoms. The maximum absolute atomic E-state index is 13.5. The standard InChI is InChI=1S/C26H26N2O4S/c1-17(2)18-6-10-20(11-7-18)28-24(29)15-23(26(28)31)27(16-22-5-4-14-33-22)25(30)19-8-12-21(32-3)13-9-19/h4-14,17,23H,15-16H2,1-3H3. The number of thiophene rings is 1. The Morgan fingerprint density at radius 1 is 1.09 bits per heavy atom. The van der Waals surface area contributed by atoms with Gasteiger partial charge in [-0.2, -0.15) is 0 Å². The number of rotatable bonds is 7. The Kier molecular flexibility index (Phi) is 6.60. The first kappa shape index (κ1) is 22.7. The number of carbonyl (C=O) groups excluding carboxylic acids is 3. The van der Waals surface area contributed by atoms with Crippen LogP contribution in [0.5, 0.6) is 5.75 Å². The highest BCUT2D eigenvalue weighted by molar-refractivity contribution is 7.09. The molecule has 1 aromatic heterocycles. The number of carbonyl (C=O) groups is 3. The van der Waals surface area contributed by atoms with Crippen LogP contribution in [0.4, 0.5) is 5.69 Å². The van der Waals surface area contributed by atoms with Crippen LogP contribution >= 0.6 is 11.3 Å². The maximum atomic E-state index is 13.5. The van der Waals surface area contributed by atoms with Crippen molar-refractivity contribution in [1.82, 2.24) is 4.90 Å². The van der Waals surface area contributed by atoms with Crippen LogP contribution in [0.3, 0.4) is 0 Å². The Morgan fingerprint density at radius 3 is 2.36 bits per heavy atom. The highest BCUT2D eigenvalue weighted by Crippen LogP contribution is 2.30. The van der Waals surface area contributed by atoms with Gasteiger partial charge in [-0.15, -0.1) is 11.3 Å². The summed E-state index contributed by atoms with van der Waals surface area (Å²) in [4.78, 5) is 43.5. The van der Waals surface area contributed by atoms with Gasteiger partial charge in [-0.25, -0.2) is 4.90 Å². The van der Waals surface area contributed by atoms with Gasteiger partial charge >= 0.3 is 0 Å². The van der Waals surface area contributed by atoms with Gasteiger partial charge in [0.15, 0.2) is 0 Å². The van der Waals surface area contributed by atoms with Gasteiger partial charge in [0.25, 0.3) is 11.8 Å². The average molecular weight is 463 g/mol. The number of hydrogen-bond acceptors (Lipinski definition) is 5. The van der Waals surface area contributed by atoms with E-state index in [4.69, 9.17) is 4.74 Å². The van der Waals surface area contributed by atoms with E-state index >= 15 is 0 Å². The molecule has 4 rings (SSSR count). The summed E-state index contributed by atoms with van der Waals surface area (Å²) in [6.07, 6.45) is -0.0436. The molecule has 0 radical (unpaired) electrons. The predicted octanol–water partition coefficient (Wildman–Crippen LogP) is 4.85. The van der Waals surface area contributed by atoms with Crippen molar-refractivity contribution >= 4 is 34.7 Å². The average Bonchev–Trinajstić information content (AvgIpc) is 3.44. The Hall–Kier alpha value is -3.45. The second-order valence-corrected chi connectivity index (χ2v) is 9.31. The van der Waals surface area contributed by atoms with Crippen LogP contribution in [0.1, 0.15) is 47.0 Å². The van der Waals surface area contributed by atoms with Crippen molar-refractivity contribution in [2.75, 3.05) is 12.0 Å². The van der Waals surface area contributed by atoms with E-state index in [2.05, 4.69) is 13.8 Å². The van der Waals surface area contributed by atoms with E-state index in [0.29, 0.717) is 22.9 Å². The molecule has 1 atom stereocenters.